The van der Waals surface area contributed by atoms with Crippen LogP contribution in [-0.2, 0) is 23.1 Å². The first-order valence-electron chi connectivity index (χ1n) is 7.96. The lowest BCUT2D eigenvalue weighted by Gasteiger charge is -2.25. The summed E-state index contributed by atoms with van der Waals surface area (Å²) in [5, 5.41) is 3.26. The zero-order chi connectivity index (χ0) is 15.3. The fraction of sp³-hybridized carbons (Fsp3) is 0.733. The third kappa shape index (κ3) is 4.31. The molecule has 0 spiro atoms. The Balaban J connectivity index is 2.09. The van der Waals surface area contributed by atoms with Crippen LogP contribution >= 0.6 is 0 Å². The summed E-state index contributed by atoms with van der Waals surface area (Å²) in [6, 6.07) is 1.79. The number of aryl methyl sites for hydroxylation is 1. The van der Waals surface area contributed by atoms with E-state index in [4.69, 9.17) is 0 Å². The van der Waals surface area contributed by atoms with Gasteiger partial charge >= 0.3 is 0 Å². The zero-order valence-corrected chi connectivity index (χ0v) is 13.9. The summed E-state index contributed by atoms with van der Waals surface area (Å²) in [4.78, 5) is 0.392. The van der Waals surface area contributed by atoms with Gasteiger partial charge in [0.15, 0.2) is 0 Å². The highest BCUT2D eigenvalue weighted by molar-refractivity contribution is 7.89. The first kappa shape index (κ1) is 16.5. The highest BCUT2D eigenvalue weighted by Gasteiger charge is 2.22. The van der Waals surface area contributed by atoms with Crippen LogP contribution in [0.5, 0.6) is 0 Å². The van der Waals surface area contributed by atoms with Gasteiger partial charge in [0.05, 0.1) is 4.90 Å². The maximum absolute atomic E-state index is 12.4. The summed E-state index contributed by atoms with van der Waals surface area (Å²) in [7, 11) is -3.38. The molecule has 1 aromatic heterocycles. The molecule has 1 fully saturated rings. The molecule has 21 heavy (non-hydrogen) atoms. The molecule has 1 saturated carbocycles. The average molecular weight is 313 g/mol. The number of nitrogens with zero attached hydrogens (tertiary/aromatic N) is 1. The van der Waals surface area contributed by atoms with Crippen molar-refractivity contribution in [1.82, 2.24) is 14.6 Å². The van der Waals surface area contributed by atoms with Crippen LogP contribution in [0.4, 0.5) is 0 Å². The summed E-state index contributed by atoms with van der Waals surface area (Å²) in [5.41, 5.74) is 1.03. The maximum Gasteiger partial charge on any atom is 0.242 e. The molecule has 1 heterocycles. The van der Waals surface area contributed by atoms with Gasteiger partial charge in [-0.15, -0.1) is 0 Å². The van der Waals surface area contributed by atoms with Crippen molar-refractivity contribution in [2.75, 3.05) is 13.1 Å². The molecule has 2 rings (SSSR count). The highest BCUT2D eigenvalue weighted by Crippen LogP contribution is 2.26. The van der Waals surface area contributed by atoms with E-state index >= 15 is 0 Å². The van der Waals surface area contributed by atoms with E-state index in [0.717, 1.165) is 38.0 Å². The Morgan fingerprint density at radius 1 is 1.33 bits per heavy atom. The van der Waals surface area contributed by atoms with E-state index in [1.54, 1.807) is 12.3 Å². The first-order valence-corrected chi connectivity index (χ1v) is 9.44. The van der Waals surface area contributed by atoms with Gasteiger partial charge in [-0.2, -0.15) is 0 Å². The van der Waals surface area contributed by atoms with Crippen molar-refractivity contribution >= 4 is 10.0 Å². The number of aromatic nitrogens is 1. The van der Waals surface area contributed by atoms with Crippen molar-refractivity contribution < 1.29 is 8.42 Å². The third-order valence-electron chi connectivity index (χ3n) is 4.08. The maximum atomic E-state index is 12.4. The zero-order valence-electron chi connectivity index (χ0n) is 13.1. The number of hydrogen-bond donors (Lipinski definition) is 2. The van der Waals surface area contributed by atoms with E-state index < -0.39 is 10.0 Å². The second-order valence-corrected chi connectivity index (χ2v) is 7.56. The molecular weight excluding hydrogens is 286 g/mol. The first-order chi connectivity index (χ1) is 10.1. The normalized spacial score (nSPS) is 16.1. The predicted molar refractivity (Wildman–Crippen MR) is 84.6 cm³/mol. The lowest BCUT2D eigenvalue weighted by molar-refractivity contribution is 0.316. The van der Waals surface area contributed by atoms with Gasteiger partial charge in [0.1, 0.15) is 0 Å². The Morgan fingerprint density at radius 3 is 2.67 bits per heavy atom. The van der Waals surface area contributed by atoms with Crippen molar-refractivity contribution in [3.8, 4) is 0 Å². The fourth-order valence-corrected chi connectivity index (χ4v) is 3.71. The van der Waals surface area contributed by atoms with Gasteiger partial charge in [0, 0.05) is 31.5 Å². The van der Waals surface area contributed by atoms with Crippen LogP contribution in [0.2, 0.25) is 0 Å². The monoisotopic (exact) mass is 313 g/mol. The second kappa shape index (κ2) is 7.42. The van der Waals surface area contributed by atoms with Crippen LogP contribution < -0.4 is 10.0 Å². The van der Waals surface area contributed by atoms with Crippen LogP contribution in [-0.4, -0.2) is 26.1 Å². The van der Waals surface area contributed by atoms with Gasteiger partial charge in [-0.05, 0) is 37.8 Å². The van der Waals surface area contributed by atoms with Crippen molar-refractivity contribution in [2.24, 2.45) is 5.92 Å². The van der Waals surface area contributed by atoms with E-state index in [0.29, 0.717) is 23.9 Å². The van der Waals surface area contributed by atoms with Crippen LogP contribution in [0, 0.1) is 5.92 Å². The standard InChI is InChI=1S/C15H27N3O2S/c1-3-8-18-12-15(9-14(18)11-16-4-2)21(19,20)17-10-13-6-5-7-13/h9,12-13,16-17H,3-8,10-11H2,1-2H3. The quantitative estimate of drug-likeness (QED) is 0.734. The summed E-state index contributed by atoms with van der Waals surface area (Å²) >= 11 is 0. The summed E-state index contributed by atoms with van der Waals surface area (Å²) in [5.74, 6) is 0.527. The average Bonchev–Trinajstić information content (AvgIpc) is 2.79. The SMILES string of the molecule is CCCn1cc(S(=O)(=O)NCC2CCC2)cc1CNCC. The Bertz CT molecular complexity index is 547. The molecule has 0 aromatic carbocycles. The van der Waals surface area contributed by atoms with Crippen LogP contribution in [0.3, 0.4) is 0 Å². The van der Waals surface area contributed by atoms with E-state index in [9.17, 15) is 8.42 Å². The molecular formula is C15H27N3O2S. The topological polar surface area (TPSA) is 63.1 Å². The number of hydrogen-bond acceptors (Lipinski definition) is 3. The minimum atomic E-state index is -3.38. The number of rotatable bonds is 9. The predicted octanol–water partition coefficient (Wildman–Crippen LogP) is 2.09. The van der Waals surface area contributed by atoms with Crippen LogP contribution in [0.1, 0.15) is 45.2 Å². The van der Waals surface area contributed by atoms with E-state index in [1.165, 1.54) is 6.42 Å². The van der Waals surface area contributed by atoms with E-state index in [1.807, 2.05) is 11.5 Å². The van der Waals surface area contributed by atoms with Crippen LogP contribution in [0.25, 0.3) is 0 Å². The molecule has 0 aliphatic heterocycles. The molecule has 2 N–H and O–H groups in total. The van der Waals surface area contributed by atoms with E-state index in [-0.39, 0.29) is 0 Å². The molecule has 0 bridgehead atoms. The van der Waals surface area contributed by atoms with Crippen molar-refractivity contribution in [3.63, 3.8) is 0 Å². The largest absolute Gasteiger partial charge is 0.349 e. The minimum Gasteiger partial charge on any atom is -0.349 e. The molecule has 6 heteroatoms. The number of sulfonamides is 1. The van der Waals surface area contributed by atoms with Gasteiger partial charge in [-0.1, -0.05) is 20.3 Å². The fourth-order valence-electron chi connectivity index (χ4n) is 2.53. The molecule has 120 valence electrons. The Hall–Kier alpha value is -0.850. The summed E-state index contributed by atoms with van der Waals surface area (Å²) in [6.07, 6.45) is 6.27. The molecule has 1 aliphatic carbocycles. The molecule has 0 atom stereocenters. The van der Waals surface area contributed by atoms with Gasteiger partial charge in [0.2, 0.25) is 10.0 Å². The number of nitrogens with one attached hydrogen (secondary N) is 2. The molecule has 0 unspecified atom stereocenters. The van der Waals surface area contributed by atoms with Gasteiger partial charge in [-0.3, -0.25) is 0 Å². The smallest absolute Gasteiger partial charge is 0.242 e. The molecule has 0 amide bonds. The van der Waals surface area contributed by atoms with Crippen molar-refractivity contribution in [3.05, 3.63) is 18.0 Å². The van der Waals surface area contributed by atoms with Gasteiger partial charge in [0.25, 0.3) is 0 Å². The Morgan fingerprint density at radius 2 is 2.10 bits per heavy atom. The lowest BCUT2D eigenvalue weighted by Crippen LogP contribution is -2.32. The molecule has 5 nitrogen and oxygen atoms in total. The van der Waals surface area contributed by atoms with Crippen LogP contribution in [0.15, 0.2) is 17.2 Å². The second-order valence-electron chi connectivity index (χ2n) is 5.79. The van der Waals surface area contributed by atoms with Crippen molar-refractivity contribution in [2.45, 2.75) is 57.5 Å². The minimum absolute atomic E-state index is 0.392. The molecule has 0 radical (unpaired) electrons. The molecule has 1 aliphatic rings. The molecule has 1 aromatic rings. The van der Waals surface area contributed by atoms with E-state index in [2.05, 4.69) is 17.0 Å². The Labute approximate surface area is 128 Å². The van der Waals surface area contributed by atoms with Gasteiger partial charge in [-0.25, -0.2) is 13.1 Å². The summed E-state index contributed by atoms with van der Waals surface area (Å²) in [6.45, 7) is 7.14. The molecule has 0 saturated heterocycles. The Kier molecular flexibility index (Phi) is 5.84. The highest BCUT2D eigenvalue weighted by atomic mass is 32.2. The van der Waals surface area contributed by atoms with Crippen molar-refractivity contribution in [1.29, 1.82) is 0 Å². The third-order valence-corrected chi connectivity index (χ3v) is 5.47. The van der Waals surface area contributed by atoms with Gasteiger partial charge < -0.3 is 9.88 Å². The lowest BCUT2D eigenvalue weighted by atomic mass is 9.86. The summed E-state index contributed by atoms with van der Waals surface area (Å²) < 4.78 is 29.5.